The van der Waals surface area contributed by atoms with Crippen LogP contribution in [0.1, 0.15) is 0 Å². The van der Waals surface area contributed by atoms with Gasteiger partial charge in [-0.2, -0.15) is 0 Å². The Balaban J connectivity index is 1.51. The summed E-state index contributed by atoms with van der Waals surface area (Å²) in [5.74, 6) is -1.32. The van der Waals surface area contributed by atoms with Crippen LogP contribution < -0.4 is 15.0 Å². The molecule has 1 aliphatic heterocycles. The summed E-state index contributed by atoms with van der Waals surface area (Å²) in [4.78, 5) is 20.7. The van der Waals surface area contributed by atoms with E-state index < -0.39 is 17.5 Å². The third-order valence-corrected chi connectivity index (χ3v) is 4.11. The van der Waals surface area contributed by atoms with Crippen LogP contribution in [0.3, 0.4) is 0 Å². The first-order valence-corrected chi connectivity index (χ1v) is 8.28. The highest BCUT2D eigenvalue weighted by Crippen LogP contribution is 2.18. The Kier molecular flexibility index (Phi) is 5.62. The molecule has 1 N–H and O–H groups in total. The number of halogens is 2. The van der Waals surface area contributed by atoms with Gasteiger partial charge in [0.2, 0.25) is 0 Å². The molecule has 1 aromatic heterocycles. The number of likely N-dealkylation sites (N-methyl/N-ethyl adjacent to an activating group) is 1. The first kappa shape index (κ1) is 18.1. The van der Waals surface area contributed by atoms with Gasteiger partial charge in [-0.25, -0.2) is 13.8 Å². The van der Waals surface area contributed by atoms with E-state index >= 15 is 0 Å². The summed E-state index contributed by atoms with van der Waals surface area (Å²) in [5.41, 5.74) is 0.524. The number of anilines is 2. The lowest BCUT2D eigenvalue weighted by atomic mass is 10.3. The van der Waals surface area contributed by atoms with Gasteiger partial charge < -0.3 is 19.9 Å². The maximum Gasteiger partial charge on any atom is 0.262 e. The van der Waals surface area contributed by atoms with Crippen LogP contribution in [0.15, 0.2) is 36.5 Å². The van der Waals surface area contributed by atoms with Crippen molar-refractivity contribution in [1.82, 2.24) is 9.88 Å². The van der Waals surface area contributed by atoms with E-state index in [0.717, 1.165) is 44.1 Å². The Morgan fingerprint density at radius 1 is 1.19 bits per heavy atom. The maximum atomic E-state index is 13.5. The van der Waals surface area contributed by atoms with Crippen LogP contribution in [0, 0.1) is 11.6 Å². The number of hydrogen-bond donors (Lipinski definition) is 1. The number of rotatable bonds is 5. The summed E-state index contributed by atoms with van der Waals surface area (Å²) in [6.45, 7) is 3.40. The Bertz CT molecular complexity index is 762. The minimum absolute atomic E-state index is 0.176. The number of aromatic nitrogens is 1. The van der Waals surface area contributed by atoms with E-state index in [1.54, 1.807) is 12.3 Å². The highest BCUT2D eigenvalue weighted by Gasteiger charge is 2.15. The molecule has 2 aromatic rings. The van der Waals surface area contributed by atoms with E-state index in [2.05, 4.69) is 27.1 Å². The van der Waals surface area contributed by atoms with Crippen LogP contribution in [0.25, 0.3) is 0 Å². The minimum atomic E-state index is -0.851. The number of nitrogens with zero attached hydrogens (tertiary/aromatic N) is 3. The van der Waals surface area contributed by atoms with E-state index in [9.17, 15) is 13.6 Å². The molecule has 8 heteroatoms. The average Bonchev–Trinajstić information content (AvgIpc) is 2.62. The SMILES string of the molecule is CN1CCN(c2ccc(NC(=O)COc3ccc(F)cc3F)cn2)CC1. The van der Waals surface area contributed by atoms with Gasteiger partial charge in [-0.15, -0.1) is 0 Å². The Morgan fingerprint density at radius 2 is 1.96 bits per heavy atom. The highest BCUT2D eigenvalue weighted by molar-refractivity contribution is 5.91. The van der Waals surface area contributed by atoms with Crippen molar-refractivity contribution in [3.8, 4) is 5.75 Å². The van der Waals surface area contributed by atoms with Crippen molar-refractivity contribution in [3.05, 3.63) is 48.2 Å². The quantitative estimate of drug-likeness (QED) is 0.883. The molecule has 1 fully saturated rings. The molecule has 1 saturated heterocycles. The number of carbonyl (C=O) groups excluding carboxylic acids is 1. The van der Waals surface area contributed by atoms with Crippen LogP contribution in [0.2, 0.25) is 0 Å². The number of piperazine rings is 1. The molecule has 0 unspecified atom stereocenters. The van der Waals surface area contributed by atoms with Gasteiger partial charge in [-0.05, 0) is 31.3 Å². The van der Waals surface area contributed by atoms with Crippen molar-refractivity contribution in [2.75, 3.05) is 50.1 Å². The summed E-state index contributed by atoms with van der Waals surface area (Å²) >= 11 is 0. The molecule has 1 aromatic carbocycles. The lowest BCUT2D eigenvalue weighted by molar-refractivity contribution is -0.118. The van der Waals surface area contributed by atoms with Gasteiger partial charge in [0.1, 0.15) is 11.6 Å². The largest absolute Gasteiger partial charge is 0.481 e. The maximum absolute atomic E-state index is 13.5. The molecule has 26 heavy (non-hydrogen) atoms. The fraction of sp³-hybridized carbons (Fsp3) is 0.333. The molecule has 0 atom stereocenters. The Hall–Kier alpha value is -2.74. The van der Waals surface area contributed by atoms with E-state index in [1.165, 1.54) is 0 Å². The van der Waals surface area contributed by atoms with Gasteiger partial charge >= 0.3 is 0 Å². The highest BCUT2D eigenvalue weighted by atomic mass is 19.1. The van der Waals surface area contributed by atoms with Crippen molar-refractivity contribution in [2.24, 2.45) is 0 Å². The summed E-state index contributed by atoms with van der Waals surface area (Å²) in [6.07, 6.45) is 1.57. The number of pyridine rings is 1. The molecule has 2 heterocycles. The molecule has 138 valence electrons. The summed E-state index contributed by atoms with van der Waals surface area (Å²) < 4.78 is 31.4. The predicted octanol–water partition coefficient (Wildman–Crippen LogP) is 2.13. The smallest absolute Gasteiger partial charge is 0.262 e. The second kappa shape index (κ2) is 8.09. The number of hydrogen-bond acceptors (Lipinski definition) is 5. The zero-order valence-corrected chi connectivity index (χ0v) is 14.4. The predicted molar refractivity (Wildman–Crippen MR) is 94.4 cm³/mol. The topological polar surface area (TPSA) is 57.7 Å². The van der Waals surface area contributed by atoms with Crippen molar-refractivity contribution < 1.29 is 18.3 Å². The second-order valence-corrected chi connectivity index (χ2v) is 6.11. The normalized spacial score (nSPS) is 15.0. The molecule has 3 rings (SSSR count). The van der Waals surface area contributed by atoms with E-state index in [1.807, 2.05) is 6.07 Å². The standard InChI is InChI=1S/C18H20F2N4O2/c1-23-6-8-24(9-7-23)17-5-3-14(11-21-17)22-18(25)12-26-16-4-2-13(19)10-15(16)20/h2-5,10-11H,6-9,12H2,1H3,(H,22,25). The number of nitrogens with one attached hydrogen (secondary N) is 1. The third-order valence-electron chi connectivity index (χ3n) is 4.11. The monoisotopic (exact) mass is 362 g/mol. The van der Waals surface area contributed by atoms with Crippen molar-refractivity contribution >= 4 is 17.4 Å². The molecular formula is C18H20F2N4O2. The third kappa shape index (κ3) is 4.66. The number of carbonyl (C=O) groups is 1. The van der Waals surface area contributed by atoms with Gasteiger partial charge in [0.25, 0.3) is 5.91 Å². The lowest BCUT2D eigenvalue weighted by Gasteiger charge is -2.33. The van der Waals surface area contributed by atoms with Crippen LogP contribution in [0.5, 0.6) is 5.75 Å². The van der Waals surface area contributed by atoms with Crippen LogP contribution in [0.4, 0.5) is 20.3 Å². The zero-order valence-electron chi connectivity index (χ0n) is 14.4. The molecular weight excluding hydrogens is 342 g/mol. The number of ether oxygens (including phenoxy) is 1. The number of benzene rings is 1. The first-order valence-electron chi connectivity index (χ1n) is 8.28. The van der Waals surface area contributed by atoms with Gasteiger partial charge in [0.05, 0.1) is 11.9 Å². The lowest BCUT2D eigenvalue weighted by Crippen LogP contribution is -2.44. The molecule has 6 nitrogen and oxygen atoms in total. The van der Waals surface area contributed by atoms with Crippen LogP contribution >= 0.6 is 0 Å². The van der Waals surface area contributed by atoms with Crippen molar-refractivity contribution in [2.45, 2.75) is 0 Å². The second-order valence-electron chi connectivity index (χ2n) is 6.11. The van der Waals surface area contributed by atoms with Gasteiger partial charge in [-0.3, -0.25) is 4.79 Å². The molecule has 1 aliphatic rings. The summed E-state index contributed by atoms with van der Waals surface area (Å²) in [6, 6.07) is 6.52. The first-order chi connectivity index (χ1) is 12.5. The number of amides is 1. The molecule has 0 radical (unpaired) electrons. The van der Waals surface area contributed by atoms with E-state index in [0.29, 0.717) is 11.8 Å². The Morgan fingerprint density at radius 3 is 2.62 bits per heavy atom. The van der Waals surface area contributed by atoms with Gasteiger partial charge in [0.15, 0.2) is 18.2 Å². The summed E-state index contributed by atoms with van der Waals surface area (Å²) in [5, 5.41) is 2.63. The van der Waals surface area contributed by atoms with Gasteiger partial charge in [0, 0.05) is 32.2 Å². The molecule has 0 spiro atoms. The minimum Gasteiger partial charge on any atom is -0.481 e. The fourth-order valence-corrected chi connectivity index (χ4v) is 2.62. The Labute approximate surface area is 150 Å². The van der Waals surface area contributed by atoms with Crippen LogP contribution in [-0.4, -0.2) is 55.6 Å². The van der Waals surface area contributed by atoms with Crippen LogP contribution in [-0.2, 0) is 4.79 Å². The molecule has 0 bridgehead atoms. The van der Waals surface area contributed by atoms with E-state index in [4.69, 9.17) is 4.74 Å². The molecule has 0 saturated carbocycles. The van der Waals surface area contributed by atoms with Crippen molar-refractivity contribution in [1.29, 1.82) is 0 Å². The van der Waals surface area contributed by atoms with Gasteiger partial charge in [-0.1, -0.05) is 0 Å². The zero-order chi connectivity index (χ0) is 18.5. The van der Waals surface area contributed by atoms with E-state index in [-0.39, 0.29) is 12.4 Å². The fourth-order valence-electron chi connectivity index (χ4n) is 2.62. The average molecular weight is 362 g/mol. The molecule has 1 amide bonds. The summed E-state index contributed by atoms with van der Waals surface area (Å²) in [7, 11) is 2.09. The molecule has 0 aliphatic carbocycles. The van der Waals surface area contributed by atoms with Crippen molar-refractivity contribution in [3.63, 3.8) is 0 Å².